The van der Waals surface area contributed by atoms with E-state index >= 15 is 0 Å². The third-order valence-corrected chi connectivity index (χ3v) is 8.94. The Kier molecular flexibility index (Phi) is 6.30. The second-order valence-electron chi connectivity index (χ2n) is 8.09. The van der Waals surface area contributed by atoms with E-state index in [1.165, 1.54) is 32.3 Å². The van der Waals surface area contributed by atoms with Crippen molar-refractivity contribution in [2.75, 3.05) is 30.5 Å². The van der Waals surface area contributed by atoms with E-state index in [2.05, 4.69) is 10.6 Å². The highest BCUT2D eigenvalue weighted by atomic mass is 32.2. The van der Waals surface area contributed by atoms with E-state index < -0.39 is 26.6 Å². The van der Waals surface area contributed by atoms with Gasteiger partial charge in [0.15, 0.2) is 5.75 Å². The number of benzene rings is 1. The second kappa shape index (κ2) is 8.88. The van der Waals surface area contributed by atoms with Crippen molar-refractivity contribution in [3.63, 3.8) is 0 Å². The Balaban J connectivity index is 1.67. The summed E-state index contributed by atoms with van der Waals surface area (Å²) in [5.41, 5.74) is -1.34. The summed E-state index contributed by atoms with van der Waals surface area (Å²) in [6.07, 6.45) is 1.98. The minimum absolute atomic E-state index is 0.00806. The number of hydrogen-bond acceptors (Lipinski definition) is 9. The van der Waals surface area contributed by atoms with Crippen LogP contribution in [-0.2, 0) is 10.0 Å². The molecule has 3 N–H and O–H groups in total. The molecule has 2 aromatic carbocycles. The van der Waals surface area contributed by atoms with Crippen molar-refractivity contribution >= 4 is 38.8 Å². The zero-order chi connectivity index (χ0) is 23.9. The first-order valence-corrected chi connectivity index (χ1v) is 12.9. The summed E-state index contributed by atoms with van der Waals surface area (Å²) >= 11 is 1.78. The van der Waals surface area contributed by atoms with Crippen LogP contribution in [0.1, 0.15) is 30.4 Å². The molecule has 9 nitrogen and oxygen atoms in total. The van der Waals surface area contributed by atoms with Crippen LogP contribution in [0.4, 0.5) is 17.1 Å². The molecular weight excluding hydrogens is 466 g/mol. The van der Waals surface area contributed by atoms with Gasteiger partial charge in [-0.15, -0.1) is 0 Å². The number of nitrogens with zero attached hydrogens (tertiary/aromatic N) is 1. The van der Waals surface area contributed by atoms with Crippen LogP contribution >= 0.6 is 11.8 Å². The lowest BCUT2D eigenvalue weighted by molar-refractivity contribution is 0.449. The first kappa shape index (κ1) is 23.4. The summed E-state index contributed by atoms with van der Waals surface area (Å²) in [6.45, 7) is 1.84. The number of sulfonamides is 1. The molecule has 4 rings (SSSR count). The Bertz CT molecular complexity index is 1350. The van der Waals surface area contributed by atoms with E-state index in [4.69, 9.17) is 4.42 Å². The lowest BCUT2D eigenvalue weighted by Gasteiger charge is -2.25. The average molecular weight is 492 g/mol. The van der Waals surface area contributed by atoms with E-state index in [0.29, 0.717) is 5.76 Å². The fourth-order valence-corrected chi connectivity index (χ4v) is 6.16. The van der Waals surface area contributed by atoms with E-state index in [1.54, 1.807) is 11.8 Å². The van der Waals surface area contributed by atoms with Gasteiger partial charge in [-0.3, -0.25) is 9.59 Å². The highest BCUT2D eigenvalue weighted by Gasteiger charge is 2.33. The van der Waals surface area contributed by atoms with Crippen molar-refractivity contribution in [3.8, 4) is 5.75 Å². The van der Waals surface area contributed by atoms with Gasteiger partial charge in [-0.05, 0) is 49.8 Å². The molecule has 2 heterocycles. The monoisotopic (exact) mass is 491 g/mol. The number of aromatic hydroxyl groups is 1. The van der Waals surface area contributed by atoms with Crippen LogP contribution < -0.4 is 21.5 Å². The van der Waals surface area contributed by atoms with Gasteiger partial charge in [-0.25, -0.2) is 12.7 Å². The summed E-state index contributed by atoms with van der Waals surface area (Å²) in [5, 5.41) is 16.7. The van der Waals surface area contributed by atoms with Crippen LogP contribution in [0.2, 0.25) is 0 Å². The van der Waals surface area contributed by atoms with Crippen molar-refractivity contribution in [3.05, 3.63) is 62.3 Å². The summed E-state index contributed by atoms with van der Waals surface area (Å²) < 4.78 is 31.8. The van der Waals surface area contributed by atoms with Crippen molar-refractivity contribution in [2.24, 2.45) is 0 Å². The number of phenols is 1. The average Bonchev–Trinajstić information content (AvgIpc) is 3.46. The molecule has 2 unspecified atom stereocenters. The molecule has 11 heteroatoms. The van der Waals surface area contributed by atoms with Gasteiger partial charge >= 0.3 is 0 Å². The minimum atomic E-state index is -3.91. The summed E-state index contributed by atoms with van der Waals surface area (Å²) in [7, 11) is -1.21. The number of para-hydroxylation sites is 1. The molecule has 0 bridgehead atoms. The normalized spacial score (nSPS) is 17.5. The molecule has 33 heavy (non-hydrogen) atoms. The highest BCUT2D eigenvalue weighted by Crippen LogP contribution is 2.40. The first-order chi connectivity index (χ1) is 15.6. The molecule has 0 saturated carbocycles. The number of rotatable bonds is 8. The van der Waals surface area contributed by atoms with Crippen LogP contribution in [0.25, 0.3) is 0 Å². The zero-order valence-corrected chi connectivity index (χ0v) is 20.0. The van der Waals surface area contributed by atoms with Crippen LogP contribution in [-0.4, -0.2) is 42.9 Å². The number of anilines is 3. The fourth-order valence-electron chi connectivity index (χ4n) is 3.80. The second-order valence-corrected chi connectivity index (χ2v) is 11.6. The van der Waals surface area contributed by atoms with E-state index in [9.17, 15) is 23.1 Å². The molecular formula is C22H25N3O6S2. The molecule has 1 saturated heterocycles. The van der Waals surface area contributed by atoms with Crippen LogP contribution in [0, 0.1) is 6.92 Å². The highest BCUT2D eigenvalue weighted by molar-refractivity contribution is 8.00. The third-order valence-electron chi connectivity index (χ3n) is 5.63. The lowest BCUT2D eigenvalue weighted by atomic mass is 10.0. The fraction of sp³-hybridized carbons (Fsp3) is 0.364. The number of hydrogen-bond donors (Lipinski definition) is 3. The Morgan fingerprint density at radius 1 is 1.15 bits per heavy atom. The van der Waals surface area contributed by atoms with E-state index in [0.717, 1.165) is 28.7 Å². The Morgan fingerprint density at radius 3 is 2.48 bits per heavy atom. The van der Waals surface area contributed by atoms with Crippen molar-refractivity contribution < 1.29 is 17.9 Å². The number of nitrogens with one attached hydrogen (secondary N) is 2. The number of thioether (sulfide) groups is 1. The summed E-state index contributed by atoms with van der Waals surface area (Å²) in [5.74, 6) is 1.88. The van der Waals surface area contributed by atoms with Crippen LogP contribution in [0.5, 0.6) is 5.75 Å². The van der Waals surface area contributed by atoms with Gasteiger partial charge in [0.05, 0.1) is 11.7 Å². The number of aryl methyl sites for hydroxylation is 1. The molecule has 1 aliphatic heterocycles. The van der Waals surface area contributed by atoms with Crippen LogP contribution in [0.15, 0.2) is 49.2 Å². The topological polar surface area (TPSA) is 129 Å². The molecule has 0 spiro atoms. The molecule has 1 aliphatic rings. The van der Waals surface area contributed by atoms with Crippen molar-refractivity contribution in [1.82, 2.24) is 4.31 Å². The summed E-state index contributed by atoms with van der Waals surface area (Å²) in [4.78, 5) is 24.5. The Morgan fingerprint density at radius 2 is 1.88 bits per heavy atom. The number of phenolic OH excluding ortho intramolecular Hbond substituents is 1. The van der Waals surface area contributed by atoms with Gasteiger partial charge in [0.2, 0.25) is 10.0 Å². The van der Waals surface area contributed by atoms with Crippen molar-refractivity contribution in [1.29, 1.82) is 0 Å². The zero-order valence-electron chi connectivity index (χ0n) is 18.4. The lowest BCUT2D eigenvalue weighted by Crippen LogP contribution is -2.38. The van der Waals surface area contributed by atoms with Gasteiger partial charge in [0.25, 0.3) is 10.9 Å². The van der Waals surface area contributed by atoms with E-state index in [-0.39, 0.29) is 33.2 Å². The standard InChI is InChI=1S/C22H25N3O6S2/c1-12-9-10-14(31-12)17(15-7-5-11-32-15)24-19-18(21(27)22(19)28)23-13-6-4-8-16(20(13)26)33(29,30)25(2)3/h4,6,8-10,15,17,23-24,26H,5,7,11H2,1-3H3. The van der Waals surface area contributed by atoms with Gasteiger partial charge in [-0.2, -0.15) is 11.8 Å². The molecule has 0 aliphatic carbocycles. The van der Waals surface area contributed by atoms with Crippen molar-refractivity contribution in [2.45, 2.75) is 36.0 Å². The SMILES string of the molecule is Cc1ccc(C(Nc2c(Nc3cccc(S(=O)(=O)N(C)C)c3O)c(=O)c2=O)C2CCCS2)o1. The predicted molar refractivity (Wildman–Crippen MR) is 129 cm³/mol. The molecule has 0 amide bonds. The third kappa shape index (κ3) is 4.28. The molecule has 0 radical (unpaired) electrons. The molecule has 1 fully saturated rings. The van der Waals surface area contributed by atoms with Crippen LogP contribution in [0.3, 0.4) is 0 Å². The van der Waals surface area contributed by atoms with Gasteiger partial charge < -0.3 is 20.2 Å². The van der Waals surface area contributed by atoms with Gasteiger partial charge in [0, 0.05) is 19.3 Å². The Hall–Kier alpha value is -2.76. The largest absolute Gasteiger partial charge is 0.504 e. The first-order valence-electron chi connectivity index (χ1n) is 10.4. The molecule has 2 atom stereocenters. The van der Waals surface area contributed by atoms with Gasteiger partial charge in [0.1, 0.15) is 27.8 Å². The maximum absolute atomic E-state index is 12.5. The maximum Gasteiger partial charge on any atom is 0.253 e. The molecule has 3 aromatic rings. The predicted octanol–water partition coefficient (Wildman–Crippen LogP) is 2.93. The Labute approximate surface area is 195 Å². The van der Waals surface area contributed by atoms with E-state index in [1.807, 2.05) is 19.1 Å². The molecule has 1 aromatic heterocycles. The smallest absolute Gasteiger partial charge is 0.253 e. The quantitative estimate of drug-likeness (QED) is 0.322. The summed E-state index contributed by atoms with van der Waals surface area (Å²) in [6, 6.07) is 7.53. The minimum Gasteiger partial charge on any atom is -0.504 e. The number of furan rings is 1. The molecule has 176 valence electrons. The van der Waals surface area contributed by atoms with Gasteiger partial charge in [-0.1, -0.05) is 6.07 Å². The maximum atomic E-state index is 12.5.